The number of carbonyl (C=O) groups excluding carboxylic acids is 2. The number of piperidine rings is 1. The van der Waals surface area contributed by atoms with Crippen LogP contribution in [0.15, 0.2) is 30.3 Å². The van der Waals surface area contributed by atoms with Crippen LogP contribution in [0.25, 0.3) is 0 Å². The summed E-state index contributed by atoms with van der Waals surface area (Å²) in [6.45, 7) is 1.59. The monoisotopic (exact) mass is 305 g/mol. The Kier molecular flexibility index (Phi) is 6.21. The first kappa shape index (κ1) is 16.3. The number of benzene rings is 1. The van der Waals surface area contributed by atoms with Gasteiger partial charge in [0.05, 0.1) is 6.61 Å². The fourth-order valence-corrected chi connectivity index (χ4v) is 2.67. The zero-order chi connectivity index (χ0) is 15.8. The van der Waals surface area contributed by atoms with Crippen LogP contribution in [0.2, 0.25) is 0 Å². The average molecular weight is 305 g/mol. The van der Waals surface area contributed by atoms with Gasteiger partial charge in [-0.3, -0.25) is 4.79 Å². The maximum atomic E-state index is 12.3. The number of amides is 3. The SMILES string of the molecule is NC(=O)NC[C@@H]1CCCCN1C(=O)COCc1ccccc1. The van der Waals surface area contributed by atoms with Gasteiger partial charge >= 0.3 is 6.03 Å². The van der Waals surface area contributed by atoms with Gasteiger partial charge < -0.3 is 20.7 Å². The van der Waals surface area contributed by atoms with Crippen molar-refractivity contribution in [2.75, 3.05) is 19.7 Å². The van der Waals surface area contributed by atoms with Crippen molar-refractivity contribution in [3.05, 3.63) is 35.9 Å². The quantitative estimate of drug-likeness (QED) is 0.829. The molecule has 0 saturated carbocycles. The molecule has 1 heterocycles. The molecule has 0 aromatic heterocycles. The molecule has 6 nitrogen and oxygen atoms in total. The number of primary amides is 1. The first-order valence-corrected chi connectivity index (χ1v) is 7.61. The predicted octanol–water partition coefficient (Wildman–Crippen LogP) is 1.25. The molecule has 1 saturated heterocycles. The van der Waals surface area contributed by atoms with Gasteiger partial charge in [0.1, 0.15) is 6.61 Å². The van der Waals surface area contributed by atoms with E-state index in [1.54, 1.807) is 4.90 Å². The van der Waals surface area contributed by atoms with Crippen LogP contribution in [0.4, 0.5) is 4.79 Å². The molecule has 22 heavy (non-hydrogen) atoms. The van der Waals surface area contributed by atoms with E-state index in [-0.39, 0.29) is 18.6 Å². The van der Waals surface area contributed by atoms with E-state index >= 15 is 0 Å². The zero-order valence-corrected chi connectivity index (χ0v) is 12.7. The molecule has 1 aromatic rings. The fourth-order valence-electron chi connectivity index (χ4n) is 2.67. The lowest BCUT2D eigenvalue weighted by molar-refractivity contribution is -0.140. The van der Waals surface area contributed by atoms with Gasteiger partial charge in [-0.05, 0) is 24.8 Å². The molecule has 3 N–H and O–H groups in total. The predicted molar refractivity (Wildman–Crippen MR) is 83.0 cm³/mol. The molecular formula is C16H23N3O3. The molecule has 2 rings (SSSR count). The first-order valence-electron chi connectivity index (χ1n) is 7.61. The molecule has 120 valence electrons. The number of rotatable bonds is 6. The van der Waals surface area contributed by atoms with E-state index in [2.05, 4.69) is 5.32 Å². The van der Waals surface area contributed by atoms with Crippen LogP contribution >= 0.6 is 0 Å². The van der Waals surface area contributed by atoms with Crippen molar-refractivity contribution in [2.24, 2.45) is 5.73 Å². The Morgan fingerprint density at radius 1 is 1.27 bits per heavy atom. The highest BCUT2D eigenvalue weighted by Crippen LogP contribution is 2.17. The van der Waals surface area contributed by atoms with Crippen LogP contribution in [-0.2, 0) is 16.1 Å². The second kappa shape index (κ2) is 8.38. The lowest BCUT2D eigenvalue weighted by Gasteiger charge is -2.35. The third kappa shape index (κ3) is 5.04. The maximum Gasteiger partial charge on any atom is 0.312 e. The zero-order valence-electron chi connectivity index (χ0n) is 12.7. The second-order valence-electron chi connectivity index (χ2n) is 5.46. The molecule has 0 radical (unpaired) electrons. The van der Waals surface area contributed by atoms with Gasteiger partial charge in [-0.2, -0.15) is 0 Å². The molecular weight excluding hydrogens is 282 g/mol. The number of hydrogen-bond donors (Lipinski definition) is 2. The van der Waals surface area contributed by atoms with E-state index in [4.69, 9.17) is 10.5 Å². The van der Waals surface area contributed by atoms with Crippen molar-refractivity contribution in [3.63, 3.8) is 0 Å². The fraction of sp³-hybridized carbons (Fsp3) is 0.500. The molecule has 1 fully saturated rings. The van der Waals surface area contributed by atoms with Gasteiger partial charge in [0, 0.05) is 19.1 Å². The molecule has 1 aliphatic rings. The van der Waals surface area contributed by atoms with Gasteiger partial charge in [-0.15, -0.1) is 0 Å². The molecule has 1 aliphatic heterocycles. The summed E-state index contributed by atoms with van der Waals surface area (Å²) in [6.07, 6.45) is 2.92. The Labute approximate surface area is 130 Å². The number of ether oxygens (including phenoxy) is 1. The van der Waals surface area contributed by atoms with Crippen LogP contribution < -0.4 is 11.1 Å². The van der Waals surface area contributed by atoms with Crippen molar-refractivity contribution >= 4 is 11.9 Å². The third-order valence-electron chi connectivity index (χ3n) is 3.80. The molecule has 6 heteroatoms. The summed E-state index contributed by atoms with van der Waals surface area (Å²) in [4.78, 5) is 24.9. The number of nitrogens with one attached hydrogen (secondary N) is 1. The van der Waals surface area contributed by atoms with Crippen molar-refractivity contribution in [1.82, 2.24) is 10.2 Å². The van der Waals surface area contributed by atoms with E-state index in [0.29, 0.717) is 19.7 Å². The van der Waals surface area contributed by atoms with Gasteiger partial charge in [0.2, 0.25) is 5.91 Å². The van der Waals surface area contributed by atoms with Crippen LogP contribution in [0.5, 0.6) is 0 Å². The molecule has 0 bridgehead atoms. The van der Waals surface area contributed by atoms with Crippen molar-refractivity contribution in [1.29, 1.82) is 0 Å². The minimum atomic E-state index is -0.557. The Morgan fingerprint density at radius 2 is 2.05 bits per heavy atom. The summed E-state index contributed by atoms with van der Waals surface area (Å²) in [5.41, 5.74) is 6.14. The van der Waals surface area contributed by atoms with E-state index < -0.39 is 6.03 Å². The summed E-state index contributed by atoms with van der Waals surface area (Å²) < 4.78 is 5.51. The minimum absolute atomic E-state index is 0.00840. The highest BCUT2D eigenvalue weighted by atomic mass is 16.5. The molecule has 0 aliphatic carbocycles. The first-order chi connectivity index (χ1) is 10.7. The van der Waals surface area contributed by atoms with E-state index in [1.807, 2.05) is 30.3 Å². The summed E-state index contributed by atoms with van der Waals surface area (Å²) in [7, 11) is 0. The normalized spacial score (nSPS) is 18.0. The minimum Gasteiger partial charge on any atom is -0.367 e. The smallest absolute Gasteiger partial charge is 0.312 e. The highest BCUT2D eigenvalue weighted by molar-refractivity contribution is 5.78. The maximum absolute atomic E-state index is 12.3. The Morgan fingerprint density at radius 3 is 2.77 bits per heavy atom. The van der Waals surface area contributed by atoms with Crippen molar-refractivity contribution < 1.29 is 14.3 Å². The summed E-state index contributed by atoms with van der Waals surface area (Å²) in [5.74, 6) is -0.0353. The number of nitrogens with two attached hydrogens (primary N) is 1. The molecule has 0 spiro atoms. The molecule has 1 atom stereocenters. The van der Waals surface area contributed by atoms with E-state index in [1.165, 1.54) is 0 Å². The summed E-state index contributed by atoms with van der Waals surface area (Å²) in [5, 5.41) is 2.59. The topological polar surface area (TPSA) is 84.7 Å². The van der Waals surface area contributed by atoms with Gasteiger partial charge in [-0.25, -0.2) is 4.79 Å². The van der Waals surface area contributed by atoms with Gasteiger partial charge in [0.15, 0.2) is 0 Å². The van der Waals surface area contributed by atoms with Crippen LogP contribution in [0.3, 0.4) is 0 Å². The van der Waals surface area contributed by atoms with Crippen molar-refractivity contribution in [2.45, 2.75) is 31.9 Å². The number of nitrogens with zero attached hydrogens (tertiary/aromatic N) is 1. The average Bonchev–Trinajstić information content (AvgIpc) is 2.54. The highest BCUT2D eigenvalue weighted by Gasteiger charge is 2.26. The van der Waals surface area contributed by atoms with Crippen molar-refractivity contribution in [3.8, 4) is 0 Å². The standard InChI is InChI=1S/C16H23N3O3/c17-16(21)18-10-14-8-4-5-9-19(14)15(20)12-22-11-13-6-2-1-3-7-13/h1-3,6-7,14H,4-5,8-12H2,(H3,17,18,21)/t14-/m0/s1. The van der Waals surface area contributed by atoms with Gasteiger partial charge in [-0.1, -0.05) is 30.3 Å². The largest absolute Gasteiger partial charge is 0.367 e. The van der Waals surface area contributed by atoms with E-state index in [0.717, 1.165) is 24.8 Å². The van der Waals surface area contributed by atoms with Crippen LogP contribution in [0.1, 0.15) is 24.8 Å². The number of hydrogen-bond acceptors (Lipinski definition) is 3. The summed E-state index contributed by atoms with van der Waals surface area (Å²) in [6, 6.07) is 9.20. The second-order valence-corrected chi connectivity index (χ2v) is 5.46. The lowest BCUT2D eigenvalue weighted by Crippen LogP contribution is -2.51. The Bertz CT molecular complexity index is 493. The molecule has 3 amide bonds. The van der Waals surface area contributed by atoms with Crippen LogP contribution in [-0.4, -0.2) is 42.6 Å². The lowest BCUT2D eigenvalue weighted by atomic mass is 10.0. The number of likely N-dealkylation sites (tertiary alicyclic amines) is 1. The molecule has 1 aromatic carbocycles. The number of urea groups is 1. The number of carbonyl (C=O) groups is 2. The Hall–Kier alpha value is -2.08. The Balaban J connectivity index is 1.79. The summed E-state index contributed by atoms with van der Waals surface area (Å²) >= 11 is 0. The van der Waals surface area contributed by atoms with Crippen LogP contribution in [0, 0.1) is 0 Å². The molecule has 0 unspecified atom stereocenters. The third-order valence-corrected chi connectivity index (χ3v) is 3.80. The van der Waals surface area contributed by atoms with E-state index in [9.17, 15) is 9.59 Å². The van der Waals surface area contributed by atoms with Gasteiger partial charge in [0.25, 0.3) is 0 Å².